The molecule has 0 radical (unpaired) electrons. The van der Waals surface area contributed by atoms with Gasteiger partial charge in [0.15, 0.2) is 0 Å². The molecule has 0 amide bonds. The Bertz CT molecular complexity index is 463. The second-order valence-corrected chi connectivity index (χ2v) is 4.24. The van der Waals surface area contributed by atoms with Gasteiger partial charge >= 0.3 is 0 Å². The number of nitrogens with zero attached hydrogens (tertiary/aromatic N) is 2. The van der Waals surface area contributed by atoms with Crippen molar-refractivity contribution < 1.29 is 8.94 Å². The monoisotopic (exact) mass is 219 g/mol. The molecule has 2 N–H and O–H groups in total. The second-order valence-electron chi connectivity index (χ2n) is 4.24. The molecule has 5 heteroatoms. The minimum atomic E-state index is 0.272. The predicted molar refractivity (Wildman–Crippen MR) is 56.6 cm³/mol. The van der Waals surface area contributed by atoms with Crippen molar-refractivity contribution >= 4 is 0 Å². The molecule has 0 aromatic carbocycles. The molecule has 1 saturated carbocycles. The summed E-state index contributed by atoms with van der Waals surface area (Å²) in [4.78, 5) is 4.38. The predicted octanol–water partition coefficient (Wildman–Crippen LogP) is 1.92. The molecule has 2 aromatic heterocycles. The standard InChI is InChI=1S/C11H13N3O2/c12-9-2-1-7(5-9)11-13-10(14-16-11)8-3-4-15-6-8/h3-4,6-7,9H,1-2,5,12H2/t7-,9+/m1/s1. The number of hydrogen-bond acceptors (Lipinski definition) is 5. The van der Waals surface area contributed by atoms with E-state index in [1.54, 1.807) is 12.5 Å². The zero-order valence-corrected chi connectivity index (χ0v) is 8.80. The normalized spacial score (nSPS) is 25.1. The third-order valence-electron chi connectivity index (χ3n) is 3.04. The molecule has 16 heavy (non-hydrogen) atoms. The number of hydrogen-bond donors (Lipinski definition) is 1. The maximum atomic E-state index is 5.86. The van der Waals surface area contributed by atoms with E-state index in [4.69, 9.17) is 14.7 Å². The van der Waals surface area contributed by atoms with E-state index in [1.165, 1.54) is 0 Å². The van der Waals surface area contributed by atoms with Gasteiger partial charge in [0.05, 0.1) is 11.8 Å². The quantitative estimate of drug-likeness (QED) is 0.834. The molecule has 1 fully saturated rings. The van der Waals surface area contributed by atoms with Crippen LogP contribution in [0, 0.1) is 0 Å². The summed E-state index contributed by atoms with van der Waals surface area (Å²) in [7, 11) is 0. The Kier molecular flexibility index (Phi) is 2.25. The lowest BCUT2D eigenvalue weighted by atomic mass is 10.1. The molecule has 3 rings (SSSR count). The molecule has 5 nitrogen and oxygen atoms in total. The Balaban J connectivity index is 1.83. The molecule has 0 unspecified atom stereocenters. The van der Waals surface area contributed by atoms with Gasteiger partial charge in [-0.1, -0.05) is 5.16 Å². The van der Waals surface area contributed by atoms with Crippen LogP contribution in [0.4, 0.5) is 0 Å². The van der Waals surface area contributed by atoms with Crippen LogP contribution in [0.25, 0.3) is 11.4 Å². The zero-order chi connectivity index (χ0) is 11.0. The van der Waals surface area contributed by atoms with Crippen molar-refractivity contribution in [1.29, 1.82) is 0 Å². The molecule has 0 aliphatic heterocycles. The first-order valence-electron chi connectivity index (χ1n) is 5.44. The second kappa shape index (κ2) is 3.75. The SMILES string of the molecule is N[C@H]1CC[C@@H](c2nc(-c3ccoc3)no2)C1. The van der Waals surface area contributed by atoms with Crippen LogP contribution in [0.2, 0.25) is 0 Å². The summed E-state index contributed by atoms with van der Waals surface area (Å²) in [5.41, 5.74) is 6.70. The van der Waals surface area contributed by atoms with Gasteiger partial charge in [-0.25, -0.2) is 0 Å². The molecule has 1 aliphatic rings. The van der Waals surface area contributed by atoms with E-state index in [-0.39, 0.29) is 6.04 Å². The van der Waals surface area contributed by atoms with Crippen LogP contribution in [0.3, 0.4) is 0 Å². The summed E-state index contributed by atoms with van der Waals surface area (Å²) in [5.74, 6) is 1.61. The van der Waals surface area contributed by atoms with Crippen LogP contribution < -0.4 is 5.73 Å². The van der Waals surface area contributed by atoms with Crippen LogP contribution in [0.15, 0.2) is 27.5 Å². The third-order valence-corrected chi connectivity index (χ3v) is 3.04. The summed E-state index contributed by atoms with van der Waals surface area (Å²) < 4.78 is 10.2. The van der Waals surface area contributed by atoms with Crippen molar-refractivity contribution in [2.75, 3.05) is 0 Å². The lowest BCUT2D eigenvalue weighted by Gasteiger charge is -2.01. The van der Waals surface area contributed by atoms with Gasteiger partial charge in [-0.15, -0.1) is 0 Å². The Labute approximate surface area is 92.6 Å². The molecule has 0 spiro atoms. The van der Waals surface area contributed by atoms with Crippen molar-refractivity contribution in [2.24, 2.45) is 5.73 Å². The number of nitrogens with two attached hydrogens (primary N) is 1. The van der Waals surface area contributed by atoms with Crippen molar-refractivity contribution in [1.82, 2.24) is 10.1 Å². The Morgan fingerprint density at radius 2 is 2.31 bits per heavy atom. The number of rotatable bonds is 2. The van der Waals surface area contributed by atoms with Crippen molar-refractivity contribution in [2.45, 2.75) is 31.2 Å². The summed E-state index contributed by atoms with van der Waals surface area (Å²) >= 11 is 0. The minimum absolute atomic E-state index is 0.272. The fraction of sp³-hybridized carbons (Fsp3) is 0.455. The summed E-state index contributed by atoms with van der Waals surface area (Å²) in [6.07, 6.45) is 6.21. The first kappa shape index (κ1) is 9.59. The van der Waals surface area contributed by atoms with Gasteiger partial charge in [0, 0.05) is 12.0 Å². The largest absolute Gasteiger partial charge is 0.472 e. The first-order chi connectivity index (χ1) is 7.83. The average Bonchev–Trinajstić information content (AvgIpc) is 2.97. The average molecular weight is 219 g/mol. The van der Waals surface area contributed by atoms with Gasteiger partial charge in [0.25, 0.3) is 0 Å². The van der Waals surface area contributed by atoms with Crippen LogP contribution in [0.1, 0.15) is 31.1 Å². The highest BCUT2D eigenvalue weighted by Crippen LogP contribution is 2.33. The van der Waals surface area contributed by atoms with Gasteiger partial charge in [-0.3, -0.25) is 0 Å². The minimum Gasteiger partial charge on any atom is -0.472 e. The summed E-state index contributed by atoms with van der Waals surface area (Å²) in [5, 5.41) is 3.94. The summed E-state index contributed by atoms with van der Waals surface area (Å²) in [6.45, 7) is 0. The molecule has 2 atom stereocenters. The molecular formula is C11H13N3O2. The van der Waals surface area contributed by atoms with Gasteiger partial charge in [0.1, 0.15) is 6.26 Å². The third kappa shape index (κ3) is 1.63. The fourth-order valence-electron chi connectivity index (χ4n) is 2.15. The molecule has 2 aromatic rings. The highest BCUT2D eigenvalue weighted by molar-refractivity contribution is 5.51. The van der Waals surface area contributed by atoms with E-state index >= 15 is 0 Å². The smallest absolute Gasteiger partial charge is 0.230 e. The fourth-order valence-corrected chi connectivity index (χ4v) is 2.15. The van der Waals surface area contributed by atoms with E-state index in [2.05, 4.69) is 10.1 Å². The summed E-state index contributed by atoms with van der Waals surface area (Å²) in [6, 6.07) is 2.09. The lowest BCUT2D eigenvalue weighted by Crippen LogP contribution is -2.14. The Hall–Kier alpha value is -1.62. The topological polar surface area (TPSA) is 78.1 Å². The van der Waals surface area contributed by atoms with Crippen LogP contribution in [0.5, 0.6) is 0 Å². The van der Waals surface area contributed by atoms with E-state index in [1.807, 2.05) is 6.07 Å². The molecular weight excluding hydrogens is 206 g/mol. The maximum Gasteiger partial charge on any atom is 0.230 e. The molecule has 0 saturated heterocycles. The Morgan fingerprint density at radius 1 is 1.38 bits per heavy atom. The van der Waals surface area contributed by atoms with E-state index < -0.39 is 0 Å². The van der Waals surface area contributed by atoms with Crippen LogP contribution in [-0.2, 0) is 0 Å². The van der Waals surface area contributed by atoms with Crippen molar-refractivity contribution in [3.05, 3.63) is 24.5 Å². The van der Waals surface area contributed by atoms with E-state index in [9.17, 15) is 0 Å². The maximum absolute atomic E-state index is 5.86. The van der Waals surface area contributed by atoms with Crippen molar-refractivity contribution in [3.8, 4) is 11.4 Å². The number of aromatic nitrogens is 2. The highest BCUT2D eigenvalue weighted by Gasteiger charge is 2.28. The van der Waals surface area contributed by atoms with Gasteiger partial charge in [-0.05, 0) is 25.3 Å². The molecule has 1 aliphatic carbocycles. The molecule has 2 heterocycles. The van der Waals surface area contributed by atoms with Gasteiger partial charge in [0.2, 0.25) is 11.7 Å². The van der Waals surface area contributed by atoms with Crippen molar-refractivity contribution in [3.63, 3.8) is 0 Å². The van der Waals surface area contributed by atoms with E-state index in [0.717, 1.165) is 24.8 Å². The van der Waals surface area contributed by atoms with Gasteiger partial charge in [-0.2, -0.15) is 4.98 Å². The zero-order valence-electron chi connectivity index (χ0n) is 8.80. The first-order valence-corrected chi connectivity index (χ1v) is 5.44. The van der Waals surface area contributed by atoms with E-state index in [0.29, 0.717) is 17.6 Å². The van der Waals surface area contributed by atoms with Crippen LogP contribution >= 0.6 is 0 Å². The number of furan rings is 1. The molecule has 84 valence electrons. The van der Waals surface area contributed by atoms with Crippen LogP contribution in [-0.4, -0.2) is 16.2 Å². The highest BCUT2D eigenvalue weighted by atomic mass is 16.5. The Morgan fingerprint density at radius 3 is 3.00 bits per heavy atom. The lowest BCUT2D eigenvalue weighted by molar-refractivity contribution is 0.353. The van der Waals surface area contributed by atoms with Gasteiger partial charge < -0.3 is 14.7 Å². The molecule has 0 bridgehead atoms.